The minimum Gasteiger partial charge on any atom is -0.369 e. The van der Waals surface area contributed by atoms with Gasteiger partial charge in [0, 0.05) is 16.8 Å². The molecular formula is C19H18N4OS. The first-order valence-electron chi connectivity index (χ1n) is 8.26. The highest BCUT2D eigenvalue weighted by Crippen LogP contribution is 2.54. The lowest BCUT2D eigenvalue weighted by Gasteiger charge is -2.35. The van der Waals surface area contributed by atoms with Crippen LogP contribution in [0.2, 0.25) is 0 Å². The molecule has 5 nitrogen and oxygen atoms in total. The predicted octanol–water partition coefficient (Wildman–Crippen LogP) is 3.07. The van der Waals surface area contributed by atoms with Gasteiger partial charge in [0.25, 0.3) is 0 Å². The number of nitriles is 1. The highest BCUT2D eigenvalue weighted by atomic mass is 32.1. The van der Waals surface area contributed by atoms with Crippen LogP contribution in [0.3, 0.4) is 0 Å². The number of nitrogens with zero attached hydrogens (tertiary/aromatic N) is 3. The van der Waals surface area contributed by atoms with E-state index < -0.39 is 5.54 Å². The van der Waals surface area contributed by atoms with Gasteiger partial charge in [-0.2, -0.15) is 5.26 Å². The van der Waals surface area contributed by atoms with Gasteiger partial charge in [0.15, 0.2) is 5.96 Å². The number of amides is 1. The van der Waals surface area contributed by atoms with E-state index in [4.69, 9.17) is 16.0 Å². The van der Waals surface area contributed by atoms with Crippen LogP contribution in [-0.4, -0.2) is 23.8 Å². The minimum absolute atomic E-state index is 0.0147. The van der Waals surface area contributed by atoms with Crippen LogP contribution < -0.4 is 5.73 Å². The topological polar surface area (TPSA) is 82.5 Å². The van der Waals surface area contributed by atoms with Crippen molar-refractivity contribution in [2.24, 2.45) is 16.6 Å². The number of nitrogens with two attached hydrogens (primary N) is 1. The molecule has 1 aromatic heterocycles. The summed E-state index contributed by atoms with van der Waals surface area (Å²) in [5, 5.41) is 9.10. The van der Waals surface area contributed by atoms with E-state index in [1.807, 2.05) is 18.2 Å². The number of aliphatic imine (C=N–C) groups is 1. The SMILES string of the molecule is CN1C(=O)CC(c2ccc(-c3cccc(C#N)c3)s2)(C2CC2)N=C1N. The smallest absolute Gasteiger partial charge is 0.231 e. The standard InChI is InChI=1S/C19H18N4OS/c1-23-17(24)10-19(14-5-6-14,22-18(23)21)16-8-7-15(25-16)13-4-2-3-12(9-13)11-20/h2-4,7-9,14H,5-6,10H2,1H3,(H2,21,22). The summed E-state index contributed by atoms with van der Waals surface area (Å²) in [6, 6.07) is 13.9. The third-order valence-electron chi connectivity index (χ3n) is 5.01. The summed E-state index contributed by atoms with van der Waals surface area (Å²) in [5.74, 6) is 0.686. The molecule has 2 aliphatic rings. The molecule has 2 N–H and O–H groups in total. The molecule has 6 heteroatoms. The van der Waals surface area contributed by atoms with Crippen LogP contribution >= 0.6 is 11.3 Å². The first kappa shape index (κ1) is 15.9. The average molecular weight is 350 g/mol. The quantitative estimate of drug-likeness (QED) is 0.923. The molecule has 1 atom stereocenters. The molecule has 0 saturated heterocycles. The van der Waals surface area contributed by atoms with Crippen LogP contribution in [-0.2, 0) is 10.3 Å². The second-order valence-corrected chi connectivity index (χ2v) is 7.74. The molecule has 1 unspecified atom stereocenters. The summed E-state index contributed by atoms with van der Waals surface area (Å²) >= 11 is 1.64. The second kappa shape index (κ2) is 5.71. The third-order valence-corrected chi connectivity index (χ3v) is 6.32. The summed E-state index contributed by atoms with van der Waals surface area (Å²) in [6.45, 7) is 0. The van der Waals surface area contributed by atoms with E-state index in [-0.39, 0.29) is 5.91 Å². The third kappa shape index (κ3) is 2.61. The highest BCUT2D eigenvalue weighted by molar-refractivity contribution is 7.15. The monoisotopic (exact) mass is 350 g/mol. The van der Waals surface area contributed by atoms with Crippen molar-refractivity contribution in [3.8, 4) is 16.5 Å². The molecule has 2 aromatic rings. The first-order valence-corrected chi connectivity index (χ1v) is 9.08. The number of benzene rings is 1. The number of thiophene rings is 1. The zero-order valence-electron chi connectivity index (χ0n) is 13.9. The molecule has 1 aliphatic carbocycles. The van der Waals surface area contributed by atoms with Gasteiger partial charge in [0.2, 0.25) is 5.91 Å². The van der Waals surface area contributed by atoms with Crippen LogP contribution in [0, 0.1) is 17.2 Å². The molecule has 4 rings (SSSR count). The fraction of sp³-hybridized carbons (Fsp3) is 0.316. The van der Waals surface area contributed by atoms with Crippen LogP contribution in [0.1, 0.15) is 29.7 Å². The molecule has 1 aliphatic heterocycles. The van der Waals surface area contributed by atoms with E-state index in [0.29, 0.717) is 23.9 Å². The Bertz CT molecular complexity index is 922. The summed E-state index contributed by atoms with van der Waals surface area (Å²) in [6.07, 6.45) is 2.52. The minimum atomic E-state index is -0.524. The lowest BCUT2D eigenvalue weighted by atomic mass is 9.86. The lowest BCUT2D eigenvalue weighted by molar-refractivity contribution is -0.128. The lowest BCUT2D eigenvalue weighted by Crippen LogP contribution is -2.49. The van der Waals surface area contributed by atoms with Crippen molar-refractivity contribution >= 4 is 23.2 Å². The molecule has 1 fully saturated rings. The Labute approximate surface area is 150 Å². The van der Waals surface area contributed by atoms with E-state index in [1.54, 1.807) is 24.5 Å². The van der Waals surface area contributed by atoms with Gasteiger partial charge in [-0.25, -0.2) is 4.99 Å². The van der Waals surface area contributed by atoms with Crippen molar-refractivity contribution in [2.75, 3.05) is 7.05 Å². The van der Waals surface area contributed by atoms with Gasteiger partial charge in [-0.3, -0.25) is 9.69 Å². The van der Waals surface area contributed by atoms with Crippen LogP contribution in [0.4, 0.5) is 0 Å². The average Bonchev–Trinajstić information content (AvgIpc) is 3.36. The van der Waals surface area contributed by atoms with E-state index in [0.717, 1.165) is 28.2 Å². The zero-order valence-corrected chi connectivity index (χ0v) is 14.7. The van der Waals surface area contributed by atoms with Gasteiger partial charge >= 0.3 is 0 Å². The van der Waals surface area contributed by atoms with Gasteiger partial charge in [-0.1, -0.05) is 12.1 Å². The fourth-order valence-electron chi connectivity index (χ4n) is 3.40. The largest absolute Gasteiger partial charge is 0.369 e. The number of guanidine groups is 1. The molecule has 0 bridgehead atoms. The molecule has 0 radical (unpaired) electrons. The maximum atomic E-state index is 12.4. The van der Waals surface area contributed by atoms with Crippen LogP contribution in [0.15, 0.2) is 41.4 Å². The molecule has 1 saturated carbocycles. The molecule has 1 amide bonds. The van der Waals surface area contributed by atoms with E-state index in [1.165, 1.54) is 4.90 Å². The van der Waals surface area contributed by atoms with Gasteiger partial charge < -0.3 is 5.73 Å². The Morgan fingerprint density at radius 3 is 2.84 bits per heavy atom. The molecule has 25 heavy (non-hydrogen) atoms. The van der Waals surface area contributed by atoms with Gasteiger partial charge in [-0.05, 0) is 48.6 Å². The second-order valence-electron chi connectivity index (χ2n) is 6.65. The van der Waals surface area contributed by atoms with E-state index >= 15 is 0 Å². The van der Waals surface area contributed by atoms with E-state index in [9.17, 15) is 4.79 Å². The van der Waals surface area contributed by atoms with E-state index in [2.05, 4.69) is 18.2 Å². The van der Waals surface area contributed by atoms with Crippen LogP contribution in [0.25, 0.3) is 10.4 Å². The molecule has 0 spiro atoms. The zero-order chi connectivity index (χ0) is 17.6. The van der Waals surface area contributed by atoms with Gasteiger partial charge in [0.05, 0.1) is 18.1 Å². The first-order chi connectivity index (χ1) is 12.0. The summed E-state index contributed by atoms with van der Waals surface area (Å²) in [7, 11) is 1.67. The molecule has 2 heterocycles. The Morgan fingerprint density at radius 2 is 2.16 bits per heavy atom. The van der Waals surface area contributed by atoms with Gasteiger partial charge in [0.1, 0.15) is 5.54 Å². The van der Waals surface area contributed by atoms with Crippen molar-refractivity contribution in [2.45, 2.75) is 24.8 Å². The van der Waals surface area contributed by atoms with Gasteiger partial charge in [-0.15, -0.1) is 11.3 Å². The fourth-order valence-corrected chi connectivity index (χ4v) is 4.62. The molecule has 1 aromatic carbocycles. The van der Waals surface area contributed by atoms with Crippen molar-refractivity contribution in [3.05, 3.63) is 46.8 Å². The van der Waals surface area contributed by atoms with Crippen LogP contribution in [0.5, 0.6) is 0 Å². The number of hydrogen-bond donors (Lipinski definition) is 1. The number of rotatable bonds is 3. The van der Waals surface area contributed by atoms with Crippen molar-refractivity contribution in [1.29, 1.82) is 5.26 Å². The summed E-state index contributed by atoms with van der Waals surface area (Å²) in [4.78, 5) is 20.8. The highest BCUT2D eigenvalue weighted by Gasteiger charge is 2.51. The Balaban J connectivity index is 1.77. The predicted molar refractivity (Wildman–Crippen MR) is 97.9 cm³/mol. The summed E-state index contributed by atoms with van der Waals surface area (Å²) in [5.41, 5.74) is 7.15. The Hall–Kier alpha value is -2.65. The number of carbonyl (C=O) groups is 1. The Kier molecular flexibility index (Phi) is 3.62. The number of hydrogen-bond acceptors (Lipinski definition) is 5. The Morgan fingerprint density at radius 1 is 1.36 bits per heavy atom. The van der Waals surface area contributed by atoms with Crippen molar-refractivity contribution in [3.63, 3.8) is 0 Å². The summed E-state index contributed by atoms with van der Waals surface area (Å²) < 4.78 is 0. The normalized spacial score (nSPS) is 23.3. The van der Waals surface area contributed by atoms with Crippen molar-refractivity contribution in [1.82, 2.24) is 4.90 Å². The maximum absolute atomic E-state index is 12.4. The molecular weight excluding hydrogens is 332 g/mol. The number of carbonyl (C=O) groups excluding carboxylic acids is 1. The maximum Gasteiger partial charge on any atom is 0.231 e. The molecule has 126 valence electrons. The van der Waals surface area contributed by atoms with Crippen molar-refractivity contribution < 1.29 is 4.79 Å².